The molecule has 0 saturated heterocycles. The Balaban J connectivity index is 1.85. The van der Waals surface area contributed by atoms with E-state index >= 15 is 0 Å². The summed E-state index contributed by atoms with van der Waals surface area (Å²) in [5.41, 5.74) is 1.69. The molecular weight excluding hydrogens is 347 g/mol. The molecule has 0 radical (unpaired) electrons. The molecule has 2 saturated carbocycles. The van der Waals surface area contributed by atoms with Gasteiger partial charge in [0, 0.05) is 0 Å². The van der Waals surface area contributed by atoms with E-state index in [0.717, 1.165) is 36.5 Å². The van der Waals surface area contributed by atoms with E-state index < -0.39 is 34.6 Å². The predicted molar refractivity (Wildman–Crippen MR) is 89.5 cm³/mol. The van der Waals surface area contributed by atoms with Gasteiger partial charge in [0.15, 0.2) is 23.3 Å². The van der Waals surface area contributed by atoms with Crippen molar-refractivity contribution in [3.8, 4) is 0 Å². The number of halogens is 5. The molecule has 2 bridgehead atoms. The molecule has 0 spiro atoms. The van der Waals surface area contributed by atoms with Gasteiger partial charge in [-0.15, -0.1) is 0 Å². The number of benzene rings is 2. The summed E-state index contributed by atoms with van der Waals surface area (Å²) in [6.07, 6.45) is 5.77. The van der Waals surface area contributed by atoms with Crippen molar-refractivity contribution in [1.82, 2.24) is 0 Å². The fourth-order valence-corrected chi connectivity index (χ4v) is 4.05. The molecule has 0 heterocycles. The molecule has 5 heteroatoms. The Morgan fingerprint density at radius 2 is 1.15 bits per heavy atom. The van der Waals surface area contributed by atoms with E-state index in [1.165, 1.54) is 0 Å². The highest BCUT2D eigenvalue weighted by atomic mass is 19.2. The van der Waals surface area contributed by atoms with E-state index in [9.17, 15) is 22.0 Å². The maximum absolute atomic E-state index is 14.1. The minimum absolute atomic E-state index is 0.0879. The van der Waals surface area contributed by atoms with Gasteiger partial charge >= 0.3 is 0 Å². The molecule has 0 nitrogen and oxygen atoms in total. The lowest BCUT2D eigenvalue weighted by molar-refractivity contribution is 0.376. The summed E-state index contributed by atoms with van der Waals surface area (Å²) >= 11 is 0. The molecule has 0 aromatic heterocycles. The highest BCUT2D eigenvalue weighted by molar-refractivity contribution is 5.70. The second-order valence-electron chi connectivity index (χ2n) is 6.80. The number of hydrogen-bond acceptors (Lipinski definition) is 0. The third-order valence-corrected chi connectivity index (χ3v) is 5.31. The Bertz CT molecular complexity index is 898. The molecule has 134 valence electrons. The van der Waals surface area contributed by atoms with E-state index in [4.69, 9.17) is 0 Å². The zero-order chi connectivity index (χ0) is 18.4. The third kappa shape index (κ3) is 2.66. The monoisotopic (exact) mass is 362 g/mol. The van der Waals surface area contributed by atoms with Crippen LogP contribution in [0.2, 0.25) is 0 Å². The minimum Gasteiger partial charge on any atom is -0.203 e. The van der Waals surface area contributed by atoms with Gasteiger partial charge in [-0.1, -0.05) is 36.4 Å². The maximum atomic E-state index is 14.1. The summed E-state index contributed by atoms with van der Waals surface area (Å²) in [4.78, 5) is 0. The Hall–Kier alpha value is -2.43. The van der Waals surface area contributed by atoms with Gasteiger partial charge in [0.25, 0.3) is 0 Å². The topological polar surface area (TPSA) is 0 Å². The van der Waals surface area contributed by atoms with Crippen molar-refractivity contribution in [3.63, 3.8) is 0 Å². The molecule has 2 unspecified atom stereocenters. The molecule has 2 atom stereocenters. The van der Waals surface area contributed by atoms with Crippen molar-refractivity contribution in [2.75, 3.05) is 0 Å². The van der Waals surface area contributed by atoms with Crippen LogP contribution in [0.25, 0.3) is 12.2 Å². The van der Waals surface area contributed by atoms with E-state index in [0.29, 0.717) is 5.57 Å². The summed E-state index contributed by atoms with van der Waals surface area (Å²) in [6.45, 7) is 0. The van der Waals surface area contributed by atoms with Crippen molar-refractivity contribution in [2.45, 2.75) is 19.3 Å². The lowest BCUT2D eigenvalue weighted by Gasteiger charge is -2.18. The first-order valence-electron chi connectivity index (χ1n) is 8.47. The number of fused-ring (bicyclic) bond motifs is 2. The molecule has 0 aliphatic heterocycles. The lowest BCUT2D eigenvalue weighted by atomic mass is 9.87. The van der Waals surface area contributed by atoms with Crippen molar-refractivity contribution in [3.05, 3.63) is 81.7 Å². The van der Waals surface area contributed by atoms with Gasteiger partial charge in [-0.05, 0) is 53.9 Å². The van der Waals surface area contributed by atoms with Gasteiger partial charge < -0.3 is 0 Å². The van der Waals surface area contributed by atoms with Gasteiger partial charge in [0.05, 0.1) is 5.56 Å². The van der Waals surface area contributed by atoms with E-state index in [-0.39, 0.29) is 11.8 Å². The van der Waals surface area contributed by atoms with Gasteiger partial charge in [0.1, 0.15) is 0 Å². The van der Waals surface area contributed by atoms with E-state index in [2.05, 4.69) is 0 Å². The first-order chi connectivity index (χ1) is 12.5. The Morgan fingerprint density at radius 1 is 0.654 bits per heavy atom. The molecule has 0 amide bonds. The molecule has 4 rings (SSSR count). The van der Waals surface area contributed by atoms with Crippen LogP contribution in [0, 0.1) is 40.9 Å². The first kappa shape index (κ1) is 17.0. The highest BCUT2D eigenvalue weighted by Gasteiger charge is 2.40. The zero-order valence-electron chi connectivity index (χ0n) is 13.7. The molecule has 0 N–H and O–H groups in total. The van der Waals surface area contributed by atoms with Crippen LogP contribution in [0.15, 0.2) is 41.5 Å². The summed E-state index contributed by atoms with van der Waals surface area (Å²) in [5, 5.41) is 0. The van der Waals surface area contributed by atoms with Crippen LogP contribution in [0.1, 0.15) is 30.4 Å². The summed E-state index contributed by atoms with van der Waals surface area (Å²) in [7, 11) is 0. The molecule has 26 heavy (non-hydrogen) atoms. The van der Waals surface area contributed by atoms with Crippen LogP contribution < -0.4 is 0 Å². The number of hydrogen-bond donors (Lipinski definition) is 0. The lowest BCUT2D eigenvalue weighted by Crippen LogP contribution is -2.07. The van der Waals surface area contributed by atoms with Crippen molar-refractivity contribution in [1.29, 1.82) is 0 Å². The Labute approximate surface area is 147 Å². The average molecular weight is 362 g/mol. The second-order valence-corrected chi connectivity index (χ2v) is 6.80. The smallest absolute Gasteiger partial charge is 0.200 e. The van der Waals surface area contributed by atoms with Gasteiger partial charge in [0.2, 0.25) is 5.82 Å². The maximum Gasteiger partial charge on any atom is 0.200 e. The highest BCUT2D eigenvalue weighted by Crippen LogP contribution is 2.53. The van der Waals surface area contributed by atoms with Gasteiger partial charge in [-0.3, -0.25) is 0 Å². The fourth-order valence-electron chi connectivity index (χ4n) is 4.05. The normalized spacial score (nSPS) is 24.8. The third-order valence-electron chi connectivity index (χ3n) is 5.31. The van der Waals surface area contributed by atoms with Crippen LogP contribution in [0.4, 0.5) is 22.0 Å². The molecule has 2 aliphatic rings. The molecule has 2 fully saturated rings. The molecular formula is C21H15F5. The average Bonchev–Trinajstić information content (AvgIpc) is 3.25. The SMILES string of the molecule is Fc1c(F)c(F)c(C=C2C(=Cc3ccccc3)C3CCC2C3)c(F)c1F. The van der Waals surface area contributed by atoms with Crippen LogP contribution >= 0.6 is 0 Å². The van der Waals surface area contributed by atoms with Crippen LogP contribution in [-0.4, -0.2) is 0 Å². The largest absolute Gasteiger partial charge is 0.203 e. The van der Waals surface area contributed by atoms with Crippen molar-refractivity contribution >= 4 is 12.2 Å². The standard InChI is InChI=1S/C21H15F5/c22-17-16(18(23)20(25)21(26)19(17)24)10-15-13-7-6-12(9-13)14(15)8-11-4-2-1-3-5-11/h1-5,8,10,12-13H,6-7,9H2. The first-order valence-corrected chi connectivity index (χ1v) is 8.47. The summed E-state index contributed by atoms with van der Waals surface area (Å²) in [5.74, 6) is -9.17. The van der Waals surface area contributed by atoms with E-state index in [1.54, 1.807) is 0 Å². The number of allylic oxidation sites excluding steroid dienone is 2. The molecule has 2 aromatic rings. The van der Waals surface area contributed by atoms with E-state index in [1.807, 2.05) is 36.4 Å². The minimum atomic E-state index is -2.13. The van der Waals surface area contributed by atoms with Crippen LogP contribution in [0.5, 0.6) is 0 Å². The second kappa shape index (κ2) is 6.38. The van der Waals surface area contributed by atoms with Crippen molar-refractivity contribution < 1.29 is 22.0 Å². The predicted octanol–water partition coefficient (Wildman–Crippen LogP) is 6.28. The zero-order valence-corrected chi connectivity index (χ0v) is 13.7. The van der Waals surface area contributed by atoms with Crippen LogP contribution in [0.3, 0.4) is 0 Å². The molecule has 2 aliphatic carbocycles. The Morgan fingerprint density at radius 3 is 1.73 bits per heavy atom. The fraction of sp³-hybridized carbons (Fsp3) is 0.238. The Kier molecular flexibility index (Phi) is 4.17. The molecule has 2 aromatic carbocycles. The quantitative estimate of drug-likeness (QED) is 0.335. The summed E-state index contributed by atoms with van der Waals surface area (Å²) in [6, 6.07) is 9.47. The van der Waals surface area contributed by atoms with Gasteiger partial charge in [-0.2, -0.15) is 0 Å². The van der Waals surface area contributed by atoms with Gasteiger partial charge in [-0.25, -0.2) is 22.0 Å². The number of rotatable bonds is 2. The van der Waals surface area contributed by atoms with Crippen molar-refractivity contribution in [2.24, 2.45) is 11.8 Å². The van der Waals surface area contributed by atoms with Crippen LogP contribution in [-0.2, 0) is 0 Å². The summed E-state index contributed by atoms with van der Waals surface area (Å²) < 4.78 is 68.4.